The van der Waals surface area contributed by atoms with Gasteiger partial charge in [0.25, 0.3) is 0 Å². The minimum absolute atomic E-state index is 0.252. The van der Waals surface area contributed by atoms with E-state index < -0.39 is 34.6 Å². The molecule has 0 unspecified atom stereocenters. The van der Waals surface area contributed by atoms with Crippen LogP contribution in [-0.4, -0.2) is 42.7 Å². The van der Waals surface area contributed by atoms with Crippen molar-refractivity contribution in [2.45, 2.75) is 30.4 Å². The lowest BCUT2D eigenvalue weighted by Crippen LogP contribution is -2.54. The van der Waals surface area contributed by atoms with Crippen LogP contribution >= 0.6 is 0 Å². The first-order valence-corrected chi connectivity index (χ1v) is 8.06. The standard InChI is InChI=1S/C13H16F3NO3S/c14-13(15,16)12(18)6-8-17(9-7-12)21(19,20)10-11-4-2-1-3-5-11/h1-5,18H,6-10H2. The molecule has 2 rings (SSSR count). The number of rotatable bonds is 3. The molecule has 8 heteroatoms. The third-order valence-electron chi connectivity index (χ3n) is 3.66. The highest BCUT2D eigenvalue weighted by molar-refractivity contribution is 7.88. The van der Waals surface area contributed by atoms with Gasteiger partial charge in [0.15, 0.2) is 5.60 Å². The van der Waals surface area contributed by atoms with Crippen molar-refractivity contribution in [1.82, 2.24) is 4.31 Å². The van der Waals surface area contributed by atoms with E-state index in [-0.39, 0.29) is 18.8 Å². The maximum atomic E-state index is 12.7. The highest BCUT2D eigenvalue weighted by atomic mass is 32.2. The van der Waals surface area contributed by atoms with Crippen LogP contribution in [0.3, 0.4) is 0 Å². The fourth-order valence-corrected chi connectivity index (χ4v) is 3.83. The van der Waals surface area contributed by atoms with Crippen molar-refractivity contribution in [2.24, 2.45) is 0 Å². The van der Waals surface area contributed by atoms with Gasteiger partial charge < -0.3 is 5.11 Å². The Morgan fingerprint density at radius 3 is 2.14 bits per heavy atom. The smallest absolute Gasteiger partial charge is 0.380 e. The zero-order valence-electron chi connectivity index (χ0n) is 11.2. The predicted octanol–water partition coefficient (Wildman–Crippen LogP) is 1.91. The molecule has 0 radical (unpaired) electrons. The van der Waals surface area contributed by atoms with Gasteiger partial charge in [0.05, 0.1) is 5.75 Å². The average Bonchev–Trinajstić information content (AvgIpc) is 2.38. The SMILES string of the molecule is O=S(=O)(Cc1ccccc1)N1CCC(O)(C(F)(F)F)CC1. The molecule has 0 aliphatic carbocycles. The topological polar surface area (TPSA) is 57.6 Å². The molecular weight excluding hydrogens is 307 g/mol. The van der Waals surface area contributed by atoms with E-state index in [1.165, 1.54) is 0 Å². The first-order valence-electron chi connectivity index (χ1n) is 6.45. The van der Waals surface area contributed by atoms with Crippen molar-refractivity contribution < 1.29 is 26.7 Å². The van der Waals surface area contributed by atoms with E-state index in [1.54, 1.807) is 30.3 Å². The second-order valence-electron chi connectivity index (χ2n) is 5.17. The van der Waals surface area contributed by atoms with Crippen LogP contribution in [0.1, 0.15) is 18.4 Å². The third kappa shape index (κ3) is 3.56. The lowest BCUT2D eigenvalue weighted by atomic mass is 9.92. The lowest BCUT2D eigenvalue weighted by Gasteiger charge is -2.38. The summed E-state index contributed by atoms with van der Waals surface area (Å²) in [5.74, 6) is -0.252. The number of sulfonamides is 1. The molecule has 1 aliphatic heterocycles. The summed E-state index contributed by atoms with van der Waals surface area (Å²) in [5.41, 5.74) is -2.21. The summed E-state index contributed by atoms with van der Waals surface area (Å²) in [4.78, 5) is 0. The Kier molecular flexibility index (Phi) is 4.32. The van der Waals surface area contributed by atoms with Gasteiger partial charge >= 0.3 is 6.18 Å². The highest BCUT2D eigenvalue weighted by Crippen LogP contribution is 2.38. The first kappa shape index (κ1) is 16.3. The number of alkyl halides is 3. The molecule has 0 bridgehead atoms. The number of hydrogen-bond donors (Lipinski definition) is 1. The van der Waals surface area contributed by atoms with Gasteiger partial charge in [-0.25, -0.2) is 12.7 Å². The van der Waals surface area contributed by atoms with E-state index in [1.807, 2.05) is 0 Å². The molecule has 0 aromatic heterocycles. The third-order valence-corrected chi connectivity index (χ3v) is 5.51. The highest BCUT2D eigenvalue weighted by Gasteiger charge is 2.55. The molecule has 0 saturated carbocycles. The van der Waals surface area contributed by atoms with Gasteiger partial charge in [0.1, 0.15) is 0 Å². The molecule has 0 amide bonds. The van der Waals surface area contributed by atoms with Crippen LogP contribution < -0.4 is 0 Å². The molecule has 4 nitrogen and oxygen atoms in total. The molecule has 1 heterocycles. The van der Waals surface area contributed by atoms with Gasteiger partial charge in [0.2, 0.25) is 10.0 Å². The largest absolute Gasteiger partial charge is 0.417 e. The predicted molar refractivity (Wildman–Crippen MR) is 70.9 cm³/mol. The molecule has 1 saturated heterocycles. The molecule has 1 N–H and O–H groups in total. The minimum atomic E-state index is -4.73. The Balaban J connectivity index is 2.05. The van der Waals surface area contributed by atoms with Gasteiger partial charge in [-0.05, 0) is 18.4 Å². The average molecular weight is 323 g/mol. The Morgan fingerprint density at radius 2 is 1.67 bits per heavy atom. The Hall–Kier alpha value is -1.12. The summed E-state index contributed by atoms with van der Waals surface area (Å²) in [6.07, 6.45) is -6.00. The van der Waals surface area contributed by atoms with Crippen molar-refractivity contribution in [2.75, 3.05) is 13.1 Å². The summed E-state index contributed by atoms with van der Waals surface area (Å²) in [6.45, 7) is -0.656. The van der Waals surface area contributed by atoms with Crippen molar-refractivity contribution in [1.29, 1.82) is 0 Å². The fourth-order valence-electron chi connectivity index (χ4n) is 2.29. The summed E-state index contributed by atoms with van der Waals surface area (Å²) < 4.78 is 63.4. The molecule has 118 valence electrons. The lowest BCUT2D eigenvalue weighted by molar-refractivity contribution is -0.270. The first-order chi connectivity index (χ1) is 9.64. The Morgan fingerprint density at radius 1 is 1.14 bits per heavy atom. The van der Waals surface area contributed by atoms with Crippen LogP contribution in [0.5, 0.6) is 0 Å². The Labute approximate surface area is 121 Å². The number of halogens is 3. The minimum Gasteiger partial charge on any atom is -0.380 e. The summed E-state index contributed by atoms with van der Waals surface area (Å²) in [6, 6.07) is 8.44. The van der Waals surface area contributed by atoms with Crippen LogP contribution in [0.25, 0.3) is 0 Å². The number of hydrogen-bond acceptors (Lipinski definition) is 3. The van der Waals surface area contributed by atoms with Gasteiger partial charge in [-0.3, -0.25) is 0 Å². The van der Waals surface area contributed by atoms with Crippen molar-refractivity contribution in [3.8, 4) is 0 Å². The molecule has 0 atom stereocenters. The Bertz CT molecular complexity index is 578. The second kappa shape index (κ2) is 5.58. The van der Waals surface area contributed by atoms with E-state index in [0.29, 0.717) is 5.56 Å². The van der Waals surface area contributed by atoms with Crippen LogP contribution in [0.2, 0.25) is 0 Å². The van der Waals surface area contributed by atoms with Crippen LogP contribution in [0.4, 0.5) is 13.2 Å². The van der Waals surface area contributed by atoms with Gasteiger partial charge in [-0.2, -0.15) is 13.2 Å². The summed E-state index contributed by atoms with van der Waals surface area (Å²) >= 11 is 0. The molecular formula is C13H16F3NO3S. The zero-order chi connectivity index (χ0) is 15.7. The van der Waals surface area contributed by atoms with Gasteiger partial charge in [0, 0.05) is 13.1 Å². The molecule has 1 aliphatic rings. The van der Waals surface area contributed by atoms with Crippen LogP contribution in [0, 0.1) is 0 Å². The van der Waals surface area contributed by atoms with E-state index >= 15 is 0 Å². The van der Waals surface area contributed by atoms with Gasteiger partial charge in [-0.15, -0.1) is 0 Å². The van der Waals surface area contributed by atoms with Gasteiger partial charge in [-0.1, -0.05) is 30.3 Å². The fraction of sp³-hybridized carbons (Fsp3) is 0.538. The van der Waals surface area contributed by atoms with E-state index in [2.05, 4.69) is 0 Å². The normalized spacial score (nSPS) is 20.4. The van der Waals surface area contributed by atoms with Crippen LogP contribution in [-0.2, 0) is 15.8 Å². The van der Waals surface area contributed by atoms with Crippen molar-refractivity contribution in [3.63, 3.8) is 0 Å². The van der Waals surface area contributed by atoms with E-state index in [0.717, 1.165) is 4.31 Å². The zero-order valence-corrected chi connectivity index (χ0v) is 12.0. The molecule has 21 heavy (non-hydrogen) atoms. The molecule has 0 spiro atoms. The van der Waals surface area contributed by atoms with E-state index in [4.69, 9.17) is 0 Å². The summed E-state index contributed by atoms with van der Waals surface area (Å²) in [5, 5.41) is 9.53. The van der Waals surface area contributed by atoms with Crippen LogP contribution in [0.15, 0.2) is 30.3 Å². The van der Waals surface area contributed by atoms with Crippen molar-refractivity contribution >= 4 is 10.0 Å². The number of benzene rings is 1. The number of piperidine rings is 1. The quantitative estimate of drug-likeness (QED) is 0.924. The molecule has 1 aromatic carbocycles. The monoisotopic (exact) mass is 323 g/mol. The maximum Gasteiger partial charge on any atom is 0.417 e. The number of nitrogens with zero attached hydrogens (tertiary/aromatic N) is 1. The number of aliphatic hydroxyl groups is 1. The summed E-state index contributed by atoms with van der Waals surface area (Å²) in [7, 11) is -3.68. The van der Waals surface area contributed by atoms with E-state index in [9.17, 15) is 26.7 Å². The second-order valence-corrected chi connectivity index (χ2v) is 7.14. The van der Waals surface area contributed by atoms with Crippen molar-refractivity contribution in [3.05, 3.63) is 35.9 Å². The molecule has 1 aromatic rings. The molecule has 1 fully saturated rings. The maximum absolute atomic E-state index is 12.7.